The van der Waals surface area contributed by atoms with E-state index in [1.165, 1.54) is 0 Å². The average Bonchev–Trinajstić information content (AvgIpc) is 2.67. The maximum atomic E-state index is 12.8. The summed E-state index contributed by atoms with van der Waals surface area (Å²) in [6.07, 6.45) is 3.09. The molecule has 1 N–H and O–H groups in total. The van der Waals surface area contributed by atoms with Crippen LogP contribution in [0.15, 0.2) is 18.2 Å². The normalized spacial score (nSPS) is 17.5. The standard InChI is InChI=1S/C20H26N2O4/c1-3-13(4-2)20(25)22-9-7-14(8-10-22)19(24)15-5-6-17-16(11-15)21-18(23)12-26-17/h5-6,11,13-14H,3-4,7-10,12H2,1-2H3,(H,21,23). The molecule has 3 rings (SSSR count). The van der Waals surface area contributed by atoms with E-state index in [-0.39, 0.29) is 36.0 Å². The van der Waals surface area contributed by atoms with E-state index in [2.05, 4.69) is 5.32 Å². The zero-order valence-corrected chi connectivity index (χ0v) is 15.4. The Morgan fingerprint density at radius 1 is 1.23 bits per heavy atom. The second-order valence-electron chi connectivity index (χ2n) is 7.03. The van der Waals surface area contributed by atoms with Crippen LogP contribution in [0.3, 0.4) is 0 Å². The summed E-state index contributed by atoms with van der Waals surface area (Å²) in [5.41, 5.74) is 1.13. The van der Waals surface area contributed by atoms with Crippen molar-refractivity contribution in [2.75, 3.05) is 25.0 Å². The number of carbonyl (C=O) groups is 3. The first-order chi connectivity index (χ1) is 12.5. The number of hydrogen-bond donors (Lipinski definition) is 1. The second kappa shape index (κ2) is 7.89. The third-order valence-corrected chi connectivity index (χ3v) is 5.41. The van der Waals surface area contributed by atoms with Gasteiger partial charge in [-0.2, -0.15) is 0 Å². The Bertz CT molecular complexity index is 704. The van der Waals surface area contributed by atoms with E-state index in [0.717, 1.165) is 12.8 Å². The average molecular weight is 358 g/mol. The summed E-state index contributed by atoms with van der Waals surface area (Å²) in [5, 5.41) is 2.74. The van der Waals surface area contributed by atoms with Crippen LogP contribution >= 0.6 is 0 Å². The molecule has 6 nitrogen and oxygen atoms in total. The first kappa shape index (κ1) is 18.4. The van der Waals surface area contributed by atoms with E-state index in [1.807, 2.05) is 18.7 Å². The maximum absolute atomic E-state index is 12.8. The molecular weight excluding hydrogens is 332 g/mol. The summed E-state index contributed by atoms with van der Waals surface area (Å²) in [4.78, 5) is 38.7. The lowest BCUT2D eigenvalue weighted by molar-refractivity contribution is -0.137. The number of nitrogens with one attached hydrogen (secondary N) is 1. The number of benzene rings is 1. The molecule has 2 aliphatic heterocycles. The Balaban J connectivity index is 1.63. The number of carbonyl (C=O) groups excluding carboxylic acids is 3. The molecule has 0 spiro atoms. The molecule has 0 aliphatic carbocycles. The van der Waals surface area contributed by atoms with Gasteiger partial charge in [-0.3, -0.25) is 14.4 Å². The lowest BCUT2D eigenvalue weighted by Crippen LogP contribution is -2.43. The van der Waals surface area contributed by atoms with E-state index in [1.54, 1.807) is 18.2 Å². The van der Waals surface area contributed by atoms with Crippen molar-refractivity contribution in [1.29, 1.82) is 0 Å². The number of likely N-dealkylation sites (tertiary alicyclic amines) is 1. The highest BCUT2D eigenvalue weighted by molar-refractivity contribution is 6.01. The van der Waals surface area contributed by atoms with Gasteiger partial charge in [-0.1, -0.05) is 13.8 Å². The Morgan fingerprint density at radius 3 is 2.58 bits per heavy atom. The van der Waals surface area contributed by atoms with Crippen LogP contribution in [0.25, 0.3) is 0 Å². The molecule has 6 heteroatoms. The molecular formula is C20H26N2O4. The monoisotopic (exact) mass is 358 g/mol. The first-order valence-corrected chi connectivity index (χ1v) is 9.43. The number of ketones is 1. The lowest BCUT2D eigenvalue weighted by atomic mass is 9.88. The van der Waals surface area contributed by atoms with Crippen LogP contribution < -0.4 is 10.1 Å². The maximum Gasteiger partial charge on any atom is 0.262 e. The smallest absolute Gasteiger partial charge is 0.262 e. The van der Waals surface area contributed by atoms with Gasteiger partial charge in [0.2, 0.25) is 5.91 Å². The Kier molecular flexibility index (Phi) is 5.59. The third-order valence-electron chi connectivity index (χ3n) is 5.41. The molecule has 26 heavy (non-hydrogen) atoms. The SMILES string of the molecule is CCC(CC)C(=O)N1CCC(C(=O)c2ccc3c(c2)NC(=O)CO3)CC1. The van der Waals surface area contributed by atoms with Crippen LogP contribution in [-0.2, 0) is 9.59 Å². The number of rotatable bonds is 5. The molecule has 140 valence electrons. The van der Waals surface area contributed by atoms with Crippen molar-refractivity contribution in [2.24, 2.45) is 11.8 Å². The topological polar surface area (TPSA) is 75.7 Å². The molecule has 1 saturated heterocycles. The number of ether oxygens (including phenoxy) is 1. The number of hydrogen-bond acceptors (Lipinski definition) is 4. The van der Waals surface area contributed by atoms with E-state index in [0.29, 0.717) is 42.9 Å². The highest BCUT2D eigenvalue weighted by Gasteiger charge is 2.30. The molecule has 0 atom stereocenters. The van der Waals surface area contributed by atoms with Crippen LogP contribution in [0.5, 0.6) is 5.75 Å². The number of amides is 2. The molecule has 1 aromatic carbocycles. The summed E-state index contributed by atoms with van der Waals surface area (Å²) in [7, 11) is 0. The van der Waals surface area contributed by atoms with E-state index in [9.17, 15) is 14.4 Å². The molecule has 1 aromatic rings. The fourth-order valence-electron chi connectivity index (χ4n) is 3.73. The molecule has 2 aliphatic rings. The Labute approximate surface area is 153 Å². The summed E-state index contributed by atoms with van der Waals surface area (Å²) in [6.45, 7) is 5.36. The van der Waals surface area contributed by atoms with Crippen molar-refractivity contribution in [3.8, 4) is 5.75 Å². The fourth-order valence-corrected chi connectivity index (χ4v) is 3.73. The second-order valence-corrected chi connectivity index (χ2v) is 7.03. The number of anilines is 1. The van der Waals surface area contributed by atoms with Gasteiger partial charge in [0.25, 0.3) is 5.91 Å². The van der Waals surface area contributed by atoms with Crippen molar-refractivity contribution >= 4 is 23.3 Å². The molecule has 1 fully saturated rings. The quantitative estimate of drug-likeness (QED) is 0.821. The highest BCUT2D eigenvalue weighted by Crippen LogP contribution is 2.31. The summed E-state index contributed by atoms with van der Waals surface area (Å²) >= 11 is 0. The van der Waals surface area contributed by atoms with E-state index < -0.39 is 0 Å². The highest BCUT2D eigenvalue weighted by atomic mass is 16.5. The minimum atomic E-state index is -0.213. The van der Waals surface area contributed by atoms with E-state index >= 15 is 0 Å². The zero-order chi connectivity index (χ0) is 18.7. The Hall–Kier alpha value is -2.37. The fraction of sp³-hybridized carbons (Fsp3) is 0.550. The predicted octanol–water partition coefficient (Wildman–Crippen LogP) is 2.88. The molecule has 0 radical (unpaired) electrons. The van der Waals surface area contributed by atoms with E-state index in [4.69, 9.17) is 4.74 Å². The predicted molar refractivity (Wildman–Crippen MR) is 98.3 cm³/mol. The van der Waals surface area contributed by atoms with Crippen molar-refractivity contribution in [3.05, 3.63) is 23.8 Å². The first-order valence-electron chi connectivity index (χ1n) is 9.43. The Morgan fingerprint density at radius 2 is 1.92 bits per heavy atom. The van der Waals surface area contributed by atoms with Crippen LogP contribution in [0.4, 0.5) is 5.69 Å². The van der Waals surface area contributed by atoms with Crippen molar-refractivity contribution in [2.45, 2.75) is 39.5 Å². The van der Waals surface area contributed by atoms with Gasteiger partial charge in [0.05, 0.1) is 5.69 Å². The van der Waals surface area contributed by atoms with Crippen LogP contribution in [0.2, 0.25) is 0 Å². The van der Waals surface area contributed by atoms with Gasteiger partial charge in [0, 0.05) is 30.5 Å². The lowest BCUT2D eigenvalue weighted by Gasteiger charge is -2.33. The van der Waals surface area contributed by atoms with Gasteiger partial charge in [-0.25, -0.2) is 0 Å². The van der Waals surface area contributed by atoms with Crippen LogP contribution in [0.1, 0.15) is 49.9 Å². The van der Waals surface area contributed by atoms with Gasteiger partial charge < -0.3 is 15.0 Å². The molecule has 0 unspecified atom stereocenters. The zero-order valence-electron chi connectivity index (χ0n) is 15.4. The van der Waals surface area contributed by atoms with Gasteiger partial charge in [-0.05, 0) is 43.9 Å². The van der Waals surface area contributed by atoms with Gasteiger partial charge in [0.15, 0.2) is 12.4 Å². The number of Topliss-reactive ketones (excluding diaryl/α,β-unsaturated/α-hetero) is 1. The number of fused-ring (bicyclic) bond motifs is 1. The minimum Gasteiger partial charge on any atom is -0.482 e. The largest absolute Gasteiger partial charge is 0.482 e. The molecule has 2 amide bonds. The summed E-state index contributed by atoms with van der Waals surface area (Å²) in [5.74, 6) is 0.671. The van der Waals surface area contributed by atoms with Crippen molar-refractivity contribution < 1.29 is 19.1 Å². The van der Waals surface area contributed by atoms with Crippen molar-refractivity contribution in [3.63, 3.8) is 0 Å². The molecule has 0 bridgehead atoms. The van der Waals surface area contributed by atoms with Gasteiger partial charge in [-0.15, -0.1) is 0 Å². The summed E-state index contributed by atoms with van der Waals surface area (Å²) in [6, 6.07) is 5.17. The molecule has 0 saturated carbocycles. The molecule has 2 heterocycles. The van der Waals surface area contributed by atoms with Gasteiger partial charge >= 0.3 is 0 Å². The number of piperidine rings is 1. The minimum absolute atomic E-state index is 0.00327. The van der Waals surface area contributed by atoms with Crippen LogP contribution in [0, 0.1) is 11.8 Å². The summed E-state index contributed by atoms with van der Waals surface area (Å²) < 4.78 is 5.33. The number of nitrogens with zero attached hydrogens (tertiary/aromatic N) is 1. The molecule has 0 aromatic heterocycles. The van der Waals surface area contributed by atoms with Crippen LogP contribution in [-0.4, -0.2) is 42.2 Å². The third kappa shape index (κ3) is 3.74. The van der Waals surface area contributed by atoms with Crippen molar-refractivity contribution in [1.82, 2.24) is 4.90 Å². The van der Waals surface area contributed by atoms with Gasteiger partial charge in [0.1, 0.15) is 5.75 Å².